The number of rotatable bonds is 6. The fourth-order valence-electron chi connectivity index (χ4n) is 3.28. The van der Waals surface area contributed by atoms with Gasteiger partial charge in [-0.15, -0.1) is 10.2 Å². The van der Waals surface area contributed by atoms with E-state index in [9.17, 15) is 18.4 Å². The SMILES string of the molecule is CC[C@H](Sc1nnc2c(=O)n(-c3ccc(C)c(C)c3)ccn12)C(=O)Nc1cc(F)ccc1F. The maximum atomic E-state index is 13.9. The number of amides is 1. The van der Waals surface area contributed by atoms with Gasteiger partial charge in [0.1, 0.15) is 11.6 Å². The van der Waals surface area contributed by atoms with Crippen LogP contribution in [-0.4, -0.2) is 30.3 Å². The van der Waals surface area contributed by atoms with Crippen LogP contribution in [0.1, 0.15) is 24.5 Å². The van der Waals surface area contributed by atoms with Gasteiger partial charge in [-0.05, 0) is 55.7 Å². The zero-order chi connectivity index (χ0) is 23.7. The molecule has 0 saturated carbocycles. The first-order valence-corrected chi connectivity index (χ1v) is 11.1. The first-order valence-electron chi connectivity index (χ1n) is 10.2. The van der Waals surface area contributed by atoms with Crippen molar-refractivity contribution in [3.63, 3.8) is 0 Å². The number of halogens is 2. The molecule has 0 fully saturated rings. The number of aromatic nitrogens is 4. The highest BCUT2D eigenvalue weighted by atomic mass is 32.2. The molecule has 4 aromatic rings. The fourth-order valence-corrected chi connectivity index (χ4v) is 4.22. The summed E-state index contributed by atoms with van der Waals surface area (Å²) in [6, 6.07) is 8.57. The summed E-state index contributed by atoms with van der Waals surface area (Å²) in [6.45, 7) is 5.76. The third kappa shape index (κ3) is 4.51. The molecule has 0 spiro atoms. The smallest absolute Gasteiger partial charge is 0.300 e. The highest BCUT2D eigenvalue weighted by molar-refractivity contribution is 8.00. The van der Waals surface area contributed by atoms with Gasteiger partial charge in [0.15, 0.2) is 5.16 Å². The summed E-state index contributed by atoms with van der Waals surface area (Å²) < 4.78 is 30.3. The molecule has 7 nitrogen and oxygen atoms in total. The molecule has 170 valence electrons. The van der Waals surface area contributed by atoms with Gasteiger partial charge >= 0.3 is 5.56 Å². The van der Waals surface area contributed by atoms with Crippen molar-refractivity contribution in [2.45, 2.75) is 37.6 Å². The number of hydrogen-bond donors (Lipinski definition) is 1. The van der Waals surface area contributed by atoms with Gasteiger partial charge in [-0.1, -0.05) is 24.8 Å². The van der Waals surface area contributed by atoms with Crippen molar-refractivity contribution in [3.8, 4) is 5.69 Å². The van der Waals surface area contributed by atoms with E-state index < -0.39 is 22.8 Å². The molecule has 4 rings (SSSR count). The quantitative estimate of drug-likeness (QED) is 0.426. The molecule has 0 unspecified atom stereocenters. The highest BCUT2D eigenvalue weighted by Gasteiger charge is 2.23. The normalized spacial score (nSPS) is 12.2. The van der Waals surface area contributed by atoms with Crippen molar-refractivity contribution < 1.29 is 13.6 Å². The molecule has 2 heterocycles. The van der Waals surface area contributed by atoms with Crippen molar-refractivity contribution in [2.75, 3.05) is 5.32 Å². The van der Waals surface area contributed by atoms with Crippen molar-refractivity contribution in [2.24, 2.45) is 0 Å². The first kappa shape index (κ1) is 22.7. The highest BCUT2D eigenvalue weighted by Crippen LogP contribution is 2.26. The molecule has 10 heteroatoms. The standard InChI is InChI=1S/C23H21F2N5O2S/c1-4-19(21(31)26-18-12-15(24)6-8-17(18)25)33-23-28-27-20-22(32)29(9-10-30(20)23)16-7-5-13(2)14(3)11-16/h5-12,19H,4H2,1-3H3,(H,26,31)/t19-/m0/s1. The third-order valence-electron chi connectivity index (χ3n) is 5.31. The molecular formula is C23H21F2N5O2S. The van der Waals surface area contributed by atoms with E-state index in [0.717, 1.165) is 41.1 Å². The maximum absolute atomic E-state index is 13.9. The van der Waals surface area contributed by atoms with Gasteiger partial charge in [-0.2, -0.15) is 0 Å². The second-order valence-corrected chi connectivity index (χ2v) is 8.72. The summed E-state index contributed by atoms with van der Waals surface area (Å²) in [5, 5.41) is 10.2. The van der Waals surface area contributed by atoms with E-state index in [1.807, 2.05) is 32.0 Å². The van der Waals surface area contributed by atoms with Gasteiger partial charge in [0.05, 0.1) is 10.9 Å². The van der Waals surface area contributed by atoms with Gasteiger partial charge in [0.2, 0.25) is 11.6 Å². The lowest BCUT2D eigenvalue weighted by molar-refractivity contribution is -0.115. The Hall–Kier alpha value is -3.53. The lowest BCUT2D eigenvalue weighted by Gasteiger charge is -2.14. The number of nitrogens with one attached hydrogen (secondary N) is 1. The molecule has 1 N–H and O–H groups in total. The average Bonchev–Trinajstić information content (AvgIpc) is 3.20. The molecule has 0 aliphatic heterocycles. The van der Waals surface area contributed by atoms with Crippen LogP contribution in [0.5, 0.6) is 0 Å². The summed E-state index contributed by atoms with van der Waals surface area (Å²) in [7, 11) is 0. The number of benzene rings is 2. The molecule has 2 aromatic carbocycles. The molecule has 0 saturated heterocycles. The van der Waals surface area contributed by atoms with Crippen LogP contribution in [0.25, 0.3) is 11.3 Å². The molecule has 1 amide bonds. The number of aryl methyl sites for hydroxylation is 2. The fraction of sp³-hybridized carbons (Fsp3) is 0.217. The number of anilines is 1. The van der Waals surface area contributed by atoms with Crippen LogP contribution in [0.4, 0.5) is 14.5 Å². The van der Waals surface area contributed by atoms with E-state index in [-0.39, 0.29) is 16.9 Å². The zero-order valence-corrected chi connectivity index (χ0v) is 19.0. The van der Waals surface area contributed by atoms with Crippen molar-refractivity contribution in [1.82, 2.24) is 19.2 Å². The second-order valence-electron chi connectivity index (χ2n) is 7.55. The van der Waals surface area contributed by atoms with E-state index in [1.54, 1.807) is 19.3 Å². The summed E-state index contributed by atoms with van der Waals surface area (Å²) >= 11 is 1.09. The second kappa shape index (κ2) is 9.14. The molecule has 0 radical (unpaired) electrons. The minimum absolute atomic E-state index is 0.115. The summed E-state index contributed by atoms with van der Waals surface area (Å²) in [6.07, 6.45) is 3.67. The lowest BCUT2D eigenvalue weighted by Crippen LogP contribution is -2.25. The van der Waals surface area contributed by atoms with Gasteiger partial charge in [0.25, 0.3) is 0 Å². The van der Waals surface area contributed by atoms with E-state index in [0.29, 0.717) is 17.3 Å². The van der Waals surface area contributed by atoms with Crippen molar-refractivity contribution >= 4 is 29.0 Å². The van der Waals surface area contributed by atoms with E-state index in [4.69, 9.17) is 0 Å². The zero-order valence-electron chi connectivity index (χ0n) is 18.2. The molecular weight excluding hydrogens is 448 g/mol. The van der Waals surface area contributed by atoms with Crippen LogP contribution in [-0.2, 0) is 4.79 Å². The van der Waals surface area contributed by atoms with Crippen LogP contribution < -0.4 is 10.9 Å². The van der Waals surface area contributed by atoms with E-state index >= 15 is 0 Å². The van der Waals surface area contributed by atoms with Crippen LogP contribution in [0.15, 0.2) is 58.7 Å². The van der Waals surface area contributed by atoms with E-state index in [2.05, 4.69) is 15.5 Å². The Bertz CT molecular complexity index is 1420. The number of thioether (sulfide) groups is 1. The Balaban J connectivity index is 1.61. The number of fused-ring (bicyclic) bond motifs is 1. The minimum Gasteiger partial charge on any atom is -0.323 e. The Labute approximate surface area is 192 Å². The number of nitrogens with zero attached hydrogens (tertiary/aromatic N) is 4. The predicted molar refractivity (Wildman–Crippen MR) is 123 cm³/mol. The van der Waals surface area contributed by atoms with Crippen LogP contribution in [0, 0.1) is 25.5 Å². The van der Waals surface area contributed by atoms with Gasteiger partial charge in [-0.3, -0.25) is 18.6 Å². The van der Waals surface area contributed by atoms with Crippen LogP contribution in [0.3, 0.4) is 0 Å². The van der Waals surface area contributed by atoms with Crippen molar-refractivity contribution in [3.05, 3.63) is 81.9 Å². The number of carbonyl (C=O) groups excluding carboxylic acids is 1. The van der Waals surface area contributed by atoms with Crippen LogP contribution in [0.2, 0.25) is 0 Å². The molecule has 0 aliphatic rings. The molecule has 0 bridgehead atoms. The molecule has 2 aromatic heterocycles. The van der Waals surface area contributed by atoms with Gasteiger partial charge in [-0.25, -0.2) is 8.78 Å². The monoisotopic (exact) mass is 469 g/mol. The van der Waals surface area contributed by atoms with Crippen molar-refractivity contribution in [1.29, 1.82) is 0 Å². The molecule has 33 heavy (non-hydrogen) atoms. The molecule has 1 atom stereocenters. The Kier molecular flexibility index (Phi) is 6.28. The Morgan fingerprint density at radius 3 is 2.61 bits per heavy atom. The summed E-state index contributed by atoms with van der Waals surface area (Å²) in [5.41, 5.74) is 2.43. The first-order chi connectivity index (χ1) is 15.8. The summed E-state index contributed by atoms with van der Waals surface area (Å²) in [5.74, 6) is -1.90. The third-order valence-corrected chi connectivity index (χ3v) is 6.63. The minimum atomic E-state index is -0.732. The molecule has 0 aliphatic carbocycles. The Morgan fingerprint density at radius 1 is 1.09 bits per heavy atom. The lowest BCUT2D eigenvalue weighted by atomic mass is 10.1. The van der Waals surface area contributed by atoms with Gasteiger partial charge < -0.3 is 5.32 Å². The van der Waals surface area contributed by atoms with Gasteiger partial charge in [0, 0.05) is 24.1 Å². The van der Waals surface area contributed by atoms with E-state index in [1.165, 1.54) is 8.97 Å². The average molecular weight is 470 g/mol. The largest absolute Gasteiger partial charge is 0.323 e. The Morgan fingerprint density at radius 2 is 1.88 bits per heavy atom. The topological polar surface area (TPSA) is 81.3 Å². The predicted octanol–water partition coefficient (Wildman–Crippen LogP) is 4.28. The number of carbonyl (C=O) groups is 1. The number of hydrogen-bond acceptors (Lipinski definition) is 5. The van der Waals surface area contributed by atoms with Crippen LogP contribution >= 0.6 is 11.8 Å². The summed E-state index contributed by atoms with van der Waals surface area (Å²) in [4.78, 5) is 25.7. The maximum Gasteiger partial charge on any atom is 0.300 e.